The van der Waals surface area contributed by atoms with Gasteiger partial charge >= 0.3 is 0 Å². The predicted octanol–water partition coefficient (Wildman–Crippen LogP) is 3.93. The van der Waals surface area contributed by atoms with E-state index in [0.29, 0.717) is 18.5 Å². The number of rotatable bonds is 4. The quantitative estimate of drug-likeness (QED) is 0.754. The summed E-state index contributed by atoms with van der Waals surface area (Å²) in [6.07, 6.45) is 2.84. The Morgan fingerprint density at radius 1 is 0.929 bits per heavy atom. The molecule has 0 saturated carbocycles. The Morgan fingerprint density at radius 3 is 2.25 bits per heavy atom. The molecule has 1 unspecified atom stereocenters. The van der Waals surface area contributed by atoms with Crippen LogP contribution in [0, 0.1) is 6.92 Å². The van der Waals surface area contributed by atoms with Crippen LogP contribution in [0.25, 0.3) is 5.69 Å². The van der Waals surface area contributed by atoms with Crippen molar-refractivity contribution in [1.82, 2.24) is 9.36 Å². The lowest BCUT2D eigenvalue weighted by atomic mass is 9.85. The van der Waals surface area contributed by atoms with Crippen LogP contribution in [0.4, 0.5) is 5.69 Å². The number of hydrogen-bond acceptors (Lipinski definition) is 3. The Bertz CT molecular complexity index is 1090. The number of anilines is 1. The van der Waals surface area contributed by atoms with E-state index >= 15 is 0 Å². The zero-order chi connectivity index (χ0) is 19.7. The largest absolute Gasteiger partial charge is 0.353 e. The van der Waals surface area contributed by atoms with E-state index in [1.54, 1.807) is 10.8 Å². The summed E-state index contributed by atoms with van der Waals surface area (Å²) in [6, 6.07) is 19.6. The maximum atomic E-state index is 13.1. The summed E-state index contributed by atoms with van der Waals surface area (Å²) in [7, 11) is 1.86. The van der Waals surface area contributed by atoms with Gasteiger partial charge in [-0.3, -0.25) is 14.3 Å². The van der Waals surface area contributed by atoms with Gasteiger partial charge in [0.15, 0.2) is 5.78 Å². The average molecular weight is 373 g/mol. The van der Waals surface area contributed by atoms with Crippen molar-refractivity contribution in [2.24, 2.45) is 7.05 Å². The van der Waals surface area contributed by atoms with Gasteiger partial charge in [0.05, 0.1) is 11.4 Å². The summed E-state index contributed by atoms with van der Waals surface area (Å²) < 4.78 is 3.47. The standard InChI is InChI=1S/C23H23N3O2/c1-16-22(23(28)26(25(16)2)20-11-7-4-8-12-20)24-19-13-18(14-21(27)15-19)17-9-5-3-6-10-17/h3-12,15,18,24H,13-14H2,1-2H3. The minimum Gasteiger partial charge on any atom is -0.353 e. The number of benzene rings is 2. The van der Waals surface area contributed by atoms with Crippen LogP contribution >= 0.6 is 0 Å². The molecule has 1 heterocycles. The fourth-order valence-corrected chi connectivity index (χ4v) is 3.81. The molecule has 1 aliphatic carbocycles. The highest BCUT2D eigenvalue weighted by Gasteiger charge is 2.24. The van der Waals surface area contributed by atoms with E-state index < -0.39 is 0 Å². The molecule has 1 aliphatic rings. The van der Waals surface area contributed by atoms with Crippen molar-refractivity contribution in [3.05, 3.63) is 94.0 Å². The number of carbonyl (C=O) groups excluding carboxylic acids is 1. The number of allylic oxidation sites excluding steroid dienone is 2. The maximum absolute atomic E-state index is 13.1. The summed E-state index contributed by atoms with van der Waals surface area (Å²) in [5.41, 5.74) is 3.96. The molecular weight excluding hydrogens is 350 g/mol. The molecule has 0 radical (unpaired) electrons. The number of aromatic nitrogens is 2. The normalized spacial score (nSPS) is 16.7. The number of nitrogens with one attached hydrogen (secondary N) is 1. The van der Waals surface area contributed by atoms with Gasteiger partial charge in [-0.2, -0.15) is 0 Å². The summed E-state index contributed by atoms with van der Waals surface area (Å²) in [5, 5.41) is 3.26. The zero-order valence-electron chi connectivity index (χ0n) is 16.1. The molecule has 0 fully saturated rings. The Kier molecular flexibility index (Phi) is 4.74. The molecule has 0 aliphatic heterocycles. The molecule has 1 atom stereocenters. The zero-order valence-corrected chi connectivity index (χ0v) is 16.1. The molecule has 0 spiro atoms. The minimum absolute atomic E-state index is 0.0829. The third kappa shape index (κ3) is 3.31. The first kappa shape index (κ1) is 18.0. The maximum Gasteiger partial charge on any atom is 0.295 e. The molecule has 2 aromatic carbocycles. The summed E-state index contributed by atoms with van der Waals surface area (Å²) in [4.78, 5) is 25.4. The van der Waals surface area contributed by atoms with Gasteiger partial charge in [-0.05, 0) is 37.0 Å². The number of carbonyl (C=O) groups is 1. The first-order valence-corrected chi connectivity index (χ1v) is 9.44. The Hall–Kier alpha value is -3.34. The topological polar surface area (TPSA) is 56.0 Å². The molecule has 0 amide bonds. The lowest BCUT2D eigenvalue weighted by Crippen LogP contribution is -2.22. The van der Waals surface area contributed by atoms with Crippen LogP contribution in [0.1, 0.15) is 30.0 Å². The van der Waals surface area contributed by atoms with Gasteiger partial charge in [0.25, 0.3) is 5.56 Å². The van der Waals surface area contributed by atoms with Gasteiger partial charge in [0.1, 0.15) is 5.69 Å². The summed E-state index contributed by atoms with van der Waals surface area (Å²) in [6.45, 7) is 1.91. The second-order valence-electron chi connectivity index (χ2n) is 7.21. The van der Waals surface area contributed by atoms with Crippen LogP contribution in [-0.2, 0) is 11.8 Å². The van der Waals surface area contributed by atoms with Crippen LogP contribution in [0.2, 0.25) is 0 Å². The third-order valence-electron chi connectivity index (χ3n) is 5.36. The van der Waals surface area contributed by atoms with Crippen LogP contribution in [-0.4, -0.2) is 15.1 Å². The monoisotopic (exact) mass is 373 g/mol. The van der Waals surface area contributed by atoms with Crippen molar-refractivity contribution in [1.29, 1.82) is 0 Å². The summed E-state index contributed by atoms with van der Waals surface area (Å²) >= 11 is 0. The molecule has 0 bridgehead atoms. The van der Waals surface area contributed by atoms with Gasteiger partial charge in [0.2, 0.25) is 0 Å². The molecule has 3 aromatic rings. The Morgan fingerprint density at radius 2 is 1.57 bits per heavy atom. The predicted molar refractivity (Wildman–Crippen MR) is 111 cm³/mol. The van der Waals surface area contributed by atoms with Gasteiger partial charge in [-0.15, -0.1) is 0 Å². The number of nitrogens with zero attached hydrogens (tertiary/aromatic N) is 2. The van der Waals surface area contributed by atoms with Crippen molar-refractivity contribution in [2.45, 2.75) is 25.7 Å². The van der Waals surface area contributed by atoms with Crippen LogP contribution in [0.5, 0.6) is 0 Å². The highest BCUT2D eigenvalue weighted by Crippen LogP contribution is 2.32. The molecule has 5 heteroatoms. The smallest absolute Gasteiger partial charge is 0.295 e. The Balaban J connectivity index is 1.66. The molecule has 142 valence electrons. The van der Waals surface area contributed by atoms with Crippen LogP contribution < -0.4 is 10.9 Å². The van der Waals surface area contributed by atoms with E-state index in [1.165, 1.54) is 0 Å². The molecule has 4 rings (SSSR count). The number of hydrogen-bond donors (Lipinski definition) is 1. The number of para-hydroxylation sites is 1. The third-order valence-corrected chi connectivity index (χ3v) is 5.36. The van der Waals surface area contributed by atoms with E-state index in [2.05, 4.69) is 17.4 Å². The first-order chi connectivity index (χ1) is 13.5. The van der Waals surface area contributed by atoms with E-state index in [0.717, 1.165) is 22.6 Å². The van der Waals surface area contributed by atoms with E-state index in [1.807, 2.05) is 67.2 Å². The van der Waals surface area contributed by atoms with Crippen molar-refractivity contribution >= 4 is 11.5 Å². The first-order valence-electron chi connectivity index (χ1n) is 9.44. The van der Waals surface area contributed by atoms with Gasteiger partial charge in [-0.1, -0.05) is 48.5 Å². The van der Waals surface area contributed by atoms with Crippen LogP contribution in [0.3, 0.4) is 0 Å². The van der Waals surface area contributed by atoms with Crippen LogP contribution in [0.15, 0.2) is 77.2 Å². The molecular formula is C23H23N3O2. The average Bonchev–Trinajstić information content (AvgIpc) is 2.92. The number of ketones is 1. The lowest BCUT2D eigenvalue weighted by Gasteiger charge is -2.23. The highest BCUT2D eigenvalue weighted by atomic mass is 16.1. The second kappa shape index (κ2) is 7.35. The van der Waals surface area contributed by atoms with E-state index in [4.69, 9.17) is 0 Å². The lowest BCUT2D eigenvalue weighted by molar-refractivity contribution is -0.115. The fourth-order valence-electron chi connectivity index (χ4n) is 3.81. The minimum atomic E-state index is -0.124. The van der Waals surface area contributed by atoms with Gasteiger partial charge in [-0.25, -0.2) is 4.68 Å². The summed E-state index contributed by atoms with van der Waals surface area (Å²) in [5.74, 6) is 0.209. The molecule has 1 N–H and O–H groups in total. The van der Waals surface area contributed by atoms with Gasteiger partial charge < -0.3 is 5.32 Å². The molecule has 1 aromatic heterocycles. The molecule has 5 nitrogen and oxygen atoms in total. The van der Waals surface area contributed by atoms with E-state index in [9.17, 15) is 9.59 Å². The fraction of sp³-hybridized carbons (Fsp3) is 0.217. The highest BCUT2D eigenvalue weighted by molar-refractivity contribution is 5.92. The van der Waals surface area contributed by atoms with Crippen molar-refractivity contribution in [3.8, 4) is 5.69 Å². The Labute approximate surface area is 163 Å². The van der Waals surface area contributed by atoms with Gasteiger partial charge in [0, 0.05) is 25.2 Å². The van der Waals surface area contributed by atoms with Crippen molar-refractivity contribution in [3.63, 3.8) is 0 Å². The molecule has 0 saturated heterocycles. The SMILES string of the molecule is Cc1c(NC2=CC(=O)CC(c3ccccc3)C2)c(=O)n(-c2ccccc2)n1C. The van der Waals surface area contributed by atoms with Crippen molar-refractivity contribution in [2.75, 3.05) is 5.32 Å². The molecule has 28 heavy (non-hydrogen) atoms. The van der Waals surface area contributed by atoms with E-state index in [-0.39, 0.29) is 17.3 Å². The second-order valence-corrected chi connectivity index (χ2v) is 7.21. The van der Waals surface area contributed by atoms with Crippen molar-refractivity contribution < 1.29 is 4.79 Å².